The smallest absolute Gasteiger partial charge is 0.326 e. The minimum Gasteiger partial charge on any atom is -0.465 e. The summed E-state index contributed by atoms with van der Waals surface area (Å²) in [6.45, 7) is 7.51. The third kappa shape index (κ3) is 9.19. The van der Waals surface area contributed by atoms with Gasteiger partial charge in [-0.1, -0.05) is 56.4 Å². The van der Waals surface area contributed by atoms with Crippen molar-refractivity contribution in [2.45, 2.75) is 95.2 Å². The molecule has 0 aromatic heterocycles. The van der Waals surface area contributed by atoms with Crippen LogP contribution in [0.4, 0.5) is 5.69 Å². The minimum atomic E-state index is -0.712. The van der Waals surface area contributed by atoms with Gasteiger partial charge in [-0.3, -0.25) is 39.1 Å². The predicted molar refractivity (Wildman–Crippen MR) is 177 cm³/mol. The summed E-state index contributed by atoms with van der Waals surface area (Å²) in [7, 11) is 0. The summed E-state index contributed by atoms with van der Waals surface area (Å²) < 4.78 is 10.9. The Hall–Kier alpha value is -3.70. The van der Waals surface area contributed by atoms with E-state index in [-0.39, 0.29) is 30.9 Å². The number of hydrogen-bond acceptors (Lipinski definition) is 9. The number of benzene rings is 2. The summed E-state index contributed by atoms with van der Waals surface area (Å²) >= 11 is 1.50. The fourth-order valence-corrected chi connectivity index (χ4v) is 6.75. The van der Waals surface area contributed by atoms with E-state index in [4.69, 9.17) is 9.47 Å². The van der Waals surface area contributed by atoms with Gasteiger partial charge in [0, 0.05) is 17.2 Å². The Bertz CT molecular complexity index is 1390. The molecule has 11 heteroatoms. The molecule has 0 bridgehead atoms. The van der Waals surface area contributed by atoms with Crippen molar-refractivity contribution in [2.24, 2.45) is 0 Å². The molecule has 248 valence electrons. The number of nitrogens with zero attached hydrogens (tertiary/aromatic N) is 2. The van der Waals surface area contributed by atoms with Crippen molar-refractivity contribution in [3.8, 4) is 0 Å². The Morgan fingerprint density at radius 3 is 2.15 bits per heavy atom. The lowest BCUT2D eigenvalue weighted by atomic mass is 10.0. The molecule has 2 aliphatic heterocycles. The van der Waals surface area contributed by atoms with E-state index < -0.39 is 29.6 Å². The number of carbonyl (C=O) groups excluding carboxylic acids is 5. The molecule has 0 radical (unpaired) electrons. The second-order valence-electron chi connectivity index (χ2n) is 12.5. The van der Waals surface area contributed by atoms with Crippen molar-refractivity contribution in [1.82, 2.24) is 10.2 Å². The fraction of sp³-hybridized carbons (Fsp3) is 0.514. The largest absolute Gasteiger partial charge is 0.465 e. The Balaban J connectivity index is 1.27. The maximum absolute atomic E-state index is 13.8. The molecule has 46 heavy (non-hydrogen) atoms. The summed E-state index contributed by atoms with van der Waals surface area (Å²) in [4.78, 5) is 68.3. The third-order valence-corrected chi connectivity index (χ3v) is 8.97. The van der Waals surface area contributed by atoms with E-state index >= 15 is 0 Å². The molecular formula is C35H45N3O7S. The monoisotopic (exact) mass is 651 g/mol. The van der Waals surface area contributed by atoms with Gasteiger partial charge < -0.3 is 9.47 Å². The van der Waals surface area contributed by atoms with Gasteiger partial charge in [0.1, 0.15) is 18.2 Å². The van der Waals surface area contributed by atoms with Gasteiger partial charge in [0.2, 0.25) is 5.91 Å². The molecule has 0 fully saturated rings. The van der Waals surface area contributed by atoms with Gasteiger partial charge in [-0.15, -0.1) is 11.8 Å². The maximum Gasteiger partial charge on any atom is 0.326 e. The summed E-state index contributed by atoms with van der Waals surface area (Å²) in [5.74, 6) is -1.26. The van der Waals surface area contributed by atoms with Crippen LogP contribution < -0.4 is 10.2 Å². The van der Waals surface area contributed by atoms with Crippen LogP contribution in [0.5, 0.6) is 0 Å². The Morgan fingerprint density at radius 2 is 1.50 bits per heavy atom. The van der Waals surface area contributed by atoms with Gasteiger partial charge in [0.25, 0.3) is 11.8 Å². The first kappa shape index (κ1) is 35.2. The normalized spacial score (nSPS) is 17.0. The molecule has 2 aliphatic rings. The Kier molecular flexibility index (Phi) is 12.4. The number of anilines is 1. The van der Waals surface area contributed by atoms with Gasteiger partial charge in [-0.05, 0) is 64.8 Å². The highest BCUT2D eigenvalue weighted by Crippen LogP contribution is 2.34. The van der Waals surface area contributed by atoms with E-state index in [0.717, 1.165) is 43.4 Å². The number of carbonyl (C=O) groups is 5. The molecule has 0 saturated carbocycles. The topological polar surface area (TPSA) is 122 Å². The number of amides is 3. The molecule has 0 saturated heterocycles. The van der Waals surface area contributed by atoms with E-state index in [1.54, 1.807) is 52.0 Å². The van der Waals surface area contributed by atoms with Gasteiger partial charge in [0.15, 0.2) is 0 Å². The zero-order valence-electron chi connectivity index (χ0n) is 27.2. The van der Waals surface area contributed by atoms with Crippen molar-refractivity contribution in [3.05, 3.63) is 59.7 Å². The highest BCUT2D eigenvalue weighted by molar-refractivity contribution is 7.99. The highest BCUT2D eigenvalue weighted by atomic mass is 32.2. The van der Waals surface area contributed by atoms with E-state index in [1.165, 1.54) is 21.6 Å². The van der Waals surface area contributed by atoms with Crippen molar-refractivity contribution in [3.63, 3.8) is 0 Å². The van der Waals surface area contributed by atoms with Crippen LogP contribution in [-0.2, 0) is 23.9 Å². The summed E-state index contributed by atoms with van der Waals surface area (Å²) in [6.07, 6.45) is 5.64. The summed E-state index contributed by atoms with van der Waals surface area (Å²) in [5, 5.41) is 3.27. The lowest BCUT2D eigenvalue weighted by Gasteiger charge is -2.28. The van der Waals surface area contributed by atoms with Crippen molar-refractivity contribution < 1.29 is 33.4 Å². The van der Waals surface area contributed by atoms with Crippen LogP contribution in [0.3, 0.4) is 0 Å². The first-order chi connectivity index (χ1) is 22.0. The lowest BCUT2D eigenvalue weighted by Crippen LogP contribution is -2.54. The van der Waals surface area contributed by atoms with Crippen LogP contribution in [-0.4, -0.2) is 77.7 Å². The molecule has 2 heterocycles. The van der Waals surface area contributed by atoms with Gasteiger partial charge in [-0.25, -0.2) is 0 Å². The number of rotatable bonds is 15. The highest BCUT2D eigenvalue weighted by Gasteiger charge is 2.36. The molecule has 3 amide bonds. The molecule has 1 N–H and O–H groups in total. The second-order valence-corrected chi connectivity index (χ2v) is 13.6. The summed E-state index contributed by atoms with van der Waals surface area (Å²) in [6, 6.07) is 13.0. The SMILES string of the molecule is CCOC(=O)[C@@H](CCCCCCCCN1C(=O)c2ccccc2C1=O)NC1CSc2ccccc2N(CC(=O)OC(C)(C)C)C1=O. The van der Waals surface area contributed by atoms with Crippen LogP contribution in [0.15, 0.2) is 53.4 Å². The number of para-hydroxylation sites is 1. The zero-order valence-corrected chi connectivity index (χ0v) is 28.0. The molecule has 2 aromatic carbocycles. The standard InChI is InChI=1S/C35H45N3O7S/c1-5-44-34(43)26(18-10-8-6-7-9-15-21-37-31(40)24-16-11-12-17-25(24)32(37)41)36-27-23-46-29-20-14-13-19-28(29)38(33(27)42)22-30(39)45-35(2,3)4/h11-14,16-17,19-20,26-27,36H,5-10,15,18,21-23H2,1-4H3/t26-,27?/m1/s1. The molecule has 0 spiro atoms. The Morgan fingerprint density at radius 1 is 0.891 bits per heavy atom. The number of thioether (sulfide) groups is 1. The molecule has 2 atom stereocenters. The number of nitrogens with one attached hydrogen (secondary N) is 1. The van der Waals surface area contributed by atoms with Crippen molar-refractivity contribution in [1.29, 1.82) is 0 Å². The van der Waals surface area contributed by atoms with Crippen LogP contribution in [0.1, 0.15) is 93.4 Å². The summed E-state index contributed by atoms with van der Waals surface area (Å²) in [5.41, 5.74) is 0.901. The minimum absolute atomic E-state index is 0.222. The number of esters is 2. The van der Waals surface area contributed by atoms with E-state index in [0.29, 0.717) is 35.5 Å². The van der Waals surface area contributed by atoms with Crippen LogP contribution in [0.25, 0.3) is 0 Å². The molecule has 1 unspecified atom stereocenters. The lowest BCUT2D eigenvalue weighted by molar-refractivity contribution is -0.154. The molecule has 10 nitrogen and oxygen atoms in total. The van der Waals surface area contributed by atoms with Gasteiger partial charge >= 0.3 is 11.9 Å². The van der Waals surface area contributed by atoms with Crippen LogP contribution in [0, 0.1) is 0 Å². The predicted octanol–water partition coefficient (Wildman–Crippen LogP) is 5.38. The third-order valence-electron chi connectivity index (χ3n) is 7.81. The maximum atomic E-state index is 13.8. The van der Waals surface area contributed by atoms with Gasteiger partial charge in [0.05, 0.1) is 29.5 Å². The average Bonchev–Trinajstić information content (AvgIpc) is 3.17. The van der Waals surface area contributed by atoms with Gasteiger partial charge in [-0.2, -0.15) is 0 Å². The second kappa shape index (κ2) is 16.2. The Labute approximate surface area is 275 Å². The number of ether oxygens (including phenoxy) is 2. The van der Waals surface area contributed by atoms with Crippen molar-refractivity contribution in [2.75, 3.05) is 30.3 Å². The average molecular weight is 652 g/mol. The molecule has 2 aromatic rings. The number of imide groups is 1. The molecular weight excluding hydrogens is 606 g/mol. The van der Waals surface area contributed by atoms with Crippen molar-refractivity contribution >= 4 is 47.1 Å². The number of fused-ring (bicyclic) bond motifs is 2. The number of unbranched alkanes of at least 4 members (excludes halogenated alkanes) is 5. The van der Waals surface area contributed by atoms with E-state index in [9.17, 15) is 24.0 Å². The van der Waals surface area contributed by atoms with Crippen LogP contribution >= 0.6 is 11.8 Å². The molecule has 4 rings (SSSR count). The molecule has 0 aliphatic carbocycles. The van der Waals surface area contributed by atoms with E-state index in [2.05, 4.69) is 5.32 Å². The first-order valence-electron chi connectivity index (χ1n) is 16.1. The van der Waals surface area contributed by atoms with E-state index in [1.807, 2.05) is 24.3 Å². The first-order valence-corrected chi connectivity index (χ1v) is 17.1. The van der Waals surface area contributed by atoms with Crippen LogP contribution in [0.2, 0.25) is 0 Å². The number of hydrogen-bond donors (Lipinski definition) is 1. The fourth-order valence-electron chi connectivity index (χ4n) is 5.66. The zero-order chi connectivity index (χ0) is 33.3. The quantitative estimate of drug-likeness (QED) is 0.154.